The zero-order valence-corrected chi connectivity index (χ0v) is 8.55. The molecular weight excluding hydrogens is 200 g/mol. The van der Waals surface area contributed by atoms with Crippen LogP contribution in [0.5, 0.6) is 0 Å². The van der Waals surface area contributed by atoms with Gasteiger partial charge in [-0.2, -0.15) is 0 Å². The van der Waals surface area contributed by atoms with Crippen LogP contribution in [0.1, 0.15) is 6.42 Å². The highest BCUT2D eigenvalue weighted by Crippen LogP contribution is 2.28. The van der Waals surface area contributed by atoms with Gasteiger partial charge in [0.15, 0.2) is 0 Å². The Labute approximate surface area is 88.2 Å². The summed E-state index contributed by atoms with van der Waals surface area (Å²) in [5.41, 5.74) is 7.33. The Morgan fingerprint density at radius 1 is 1.50 bits per heavy atom. The molecule has 0 amide bonds. The molecule has 0 saturated carbocycles. The van der Waals surface area contributed by atoms with Gasteiger partial charge in [-0.3, -0.25) is 0 Å². The van der Waals surface area contributed by atoms with Gasteiger partial charge in [0.1, 0.15) is 0 Å². The molecule has 0 bridgehead atoms. The zero-order valence-electron chi connectivity index (χ0n) is 7.79. The van der Waals surface area contributed by atoms with Crippen LogP contribution in [0.4, 0.5) is 11.4 Å². The van der Waals surface area contributed by atoms with Crippen molar-refractivity contribution in [2.24, 2.45) is 0 Å². The molecule has 14 heavy (non-hydrogen) atoms. The zero-order chi connectivity index (χ0) is 9.97. The molecule has 1 atom stereocenters. The van der Waals surface area contributed by atoms with Crippen LogP contribution < -0.4 is 11.1 Å². The lowest BCUT2D eigenvalue weighted by molar-refractivity contribution is 0.195. The van der Waals surface area contributed by atoms with Gasteiger partial charge >= 0.3 is 0 Å². The first-order valence-corrected chi connectivity index (χ1v) is 5.03. The summed E-state index contributed by atoms with van der Waals surface area (Å²) < 4.78 is 5.26. The summed E-state index contributed by atoms with van der Waals surface area (Å²) in [7, 11) is 0. The Bertz CT molecular complexity index is 324. The number of nitrogens with one attached hydrogen (secondary N) is 1. The van der Waals surface area contributed by atoms with Crippen LogP contribution in [0.25, 0.3) is 0 Å². The first-order valence-electron chi connectivity index (χ1n) is 4.65. The first kappa shape index (κ1) is 9.62. The van der Waals surface area contributed by atoms with Gasteiger partial charge in [0.25, 0.3) is 0 Å². The van der Waals surface area contributed by atoms with E-state index < -0.39 is 0 Å². The molecule has 0 aromatic heterocycles. The molecule has 3 nitrogen and oxygen atoms in total. The molecule has 0 spiro atoms. The number of ether oxygens (including phenoxy) is 1. The second kappa shape index (κ2) is 4.07. The topological polar surface area (TPSA) is 47.3 Å². The van der Waals surface area contributed by atoms with Crippen molar-refractivity contribution in [1.82, 2.24) is 0 Å². The molecule has 1 aromatic rings. The van der Waals surface area contributed by atoms with E-state index in [1.54, 1.807) is 6.07 Å². The van der Waals surface area contributed by atoms with E-state index in [2.05, 4.69) is 5.32 Å². The van der Waals surface area contributed by atoms with Crippen LogP contribution in [-0.4, -0.2) is 19.3 Å². The minimum absolute atomic E-state index is 0.357. The van der Waals surface area contributed by atoms with Crippen LogP contribution in [0.3, 0.4) is 0 Å². The average Bonchev–Trinajstić information content (AvgIpc) is 2.66. The van der Waals surface area contributed by atoms with Crippen molar-refractivity contribution in [3.05, 3.63) is 23.2 Å². The van der Waals surface area contributed by atoms with E-state index >= 15 is 0 Å². The monoisotopic (exact) mass is 212 g/mol. The predicted molar refractivity (Wildman–Crippen MR) is 58.7 cm³/mol. The molecule has 3 N–H and O–H groups in total. The molecule has 4 heteroatoms. The highest BCUT2D eigenvalue weighted by Gasteiger charge is 2.16. The lowest BCUT2D eigenvalue weighted by Crippen LogP contribution is -2.19. The molecule has 1 aliphatic rings. The lowest BCUT2D eigenvalue weighted by atomic mass is 10.2. The van der Waals surface area contributed by atoms with E-state index in [4.69, 9.17) is 22.1 Å². The van der Waals surface area contributed by atoms with E-state index in [1.807, 2.05) is 12.1 Å². The van der Waals surface area contributed by atoms with Crippen molar-refractivity contribution < 1.29 is 4.74 Å². The van der Waals surface area contributed by atoms with Crippen molar-refractivity contribution in [1.29, 1.82) is 0 Å². The van der Waals surface area contributed by atoms with Crippen molar-refractivity contribution in [3.63, 3.8) is 0 Å². The molecule has 1 aromatic carbocycles. The fourth-order valence-corrected chi connectivity index (χ4v) is 1.71. The van der Waals surface area contributed by atoms with Crippen molar-refractivity contribution in [3.8, 4) is 0 Å². The largest absolute Gasteiger partial charge is 0.396 e. The number of para-hydroxylation sites is 1. The van der Waals surface area contributed by atoms with Gasteiger partial charge in [0, 0.05) is 6.61 Å². The Hall–Kier alpha value is -0.930. The van der Waals surface area contributed by atoms with Crippen LogP contribution in [0.2, 0.25) is 5.02 Å². The van der Waals surface area contributed by atoms with Crippen LogP contribution >= 0.6 is 11.6 Å². The molecule has 0 aliphatic carbocycles. The number of benzene rings is 1. The molecule has 1 fully saturated rings. The fraction of sp³-hybridized carbons (Fsp3) is 0.400. The lowest BCUT2D eigenvalue weighted by Gasteiger charge is -2.14. The first-order chi connectivity index (χ1) is 6.77. The molecule has 1 aliphatic heterocycles. The molecule has 76 valence electrons. The summed E-state index contributed by atoms with van der Waals surface area (Å²) in [6.07, 6.45) is 1.02. The summed E-state index contributed by atoms with van der Waals surface area (Å²) in [4.78, 5) is 0. The minimum Gasteiger partial charge on any atom is -0.396 e. The summed E-state index contributed by atoms with van der Waals surface area (Å²) in [6.45, 7) is 1.56. The van der Waals surface area contributed by atoms with Gasteiger partial charge in [-0.25, -0.2) is 0 Å². The molecule has 1 saturated heterocycles. The van der Waals surface area contributed by atoms with E-state index in [9.17, 15) is 0 Å². The molecular formula is C10H13ClN2O. The van der Waals surface area contributed by atoms with Gasteiger partial charge in [0.2, 0.25) is 0 Å². The van der Waals surface area contributed by atoms with Gasteiger partial charge in [0.05, 0.1) is 29.0 Å². The quantitative estimate of drug-likeness (QED) is 0.739. The number of nitrogen functional groups attached to an aromatic ring is 1. The maximum Gasteiger partial charge on any atom is 0.0739 e. The predicted octanol–water partition coefficient (Wildman–Crippen LogP) is 2.12. The second-order valence-electron chi connectivity index (χ2n) is 3.41. The van der Waals surface area contributed by atoms with Crippen molar-refractivity contribution in [2.45, 2.75) is 12.5 Å². The average molecular weight is 213 g/mol. The molecule has 1 heterocycles. The van der Waals surface area contributed by atoms with Gasteiger partial charge < -0.3 is 15.8 Å². The number of rotatable bonds is 2. The van der Waals surface area contributed by atoms with Gasteiger partial charge in [-0.15, -0.1) is 0 Å². The minimum atomic E-state index is 0.357. The third-order valence-electron chi connectivity index (χ3n) is 2.34. The maximum absolute atomic E-state index is 5.90. The third kappa shape index (κ3) is 1.94. The Balaban J connectivity index is 2.11. The summed E-state index contributed by atoms with van der Waals surface area (Å²) in [5, 5.41) is 3.91. The smallest absolute Gasteiger partial charge is 0.0739 e. The Morgan fingerprint density at radius 2 is 2.36 bits per heavy atom. The van der Waals surface area contributed by atoms with Crippen LogP contribution in [-0.2, 0) is 4.74 Å². The Kier molecular flexibility index (Phi) is 2.79. The van der Waals surface area contributed by atoms with Crippen molar-refractivity contribution >= 4 is 23.0 Å². The third-order valence-corrected chi connectivity index (χ3v) is 2.67. The number of anilines is 2. The van der Waals surface area contributed by atoms with Gasteiger partial charge in [-0.1, -0.05) is 17.7 Å². The highest BCUT2D eigenvalue weighted by molar-refractivity contribution is 6.33. The van der Waals surface area contributed by atoms with Crippen LogP contribution in [0, 0.1) is 0 Å². The van der Waals surface area contributed by atoms with E-state index in [0.29, 0.717) is 16.8 Å². The Morgan fingerprint density at radius 3 is 3.07 bits per heavy atom. The maximum atomic E-state index is 5.90. The summed E-state index contributed by atoms with van der Waals surface area (Å²) in [6, 6.07) is 5.96. The molecule has 1 unspecified atom stereocenters. The number of nitrogens with two attached hydrogens (primary N) is 1. The normalized spacial score (nSPS) is 21.1. The van der Waals surface area contributed by atoms with Gasteiger partial charge in [-0.05, 0) is 18.6 Å². The molecule has 0 radical (unpaired) electrons. The van der Waals surface area contributed by atoms with E-state index in [1.165, 1.54) is 0 Å². The standard InChI is InChI=1S/C10H13ClN2O/c11-8-2-1-3-9(10(8)12)13-7-4-5-14-6-7/h1-3,7,13H,4-6,12H2. The summed E-state index contributed by atoms with van der Waals surface area (Å²) >= 11 is 5.90. The molecule has 2 rings (SSSR count). The SMILES string of the molecule is Nc1c(Cl)cccc1NC1CCOC1. The number of hydrogen-bond donors (Lipinski definition) is 2. The highest BCUT2D eigenvalue weighted by atomic mass is 35.5. The summed E-state index contributed by atoms with van der Waals surface area (Å²) in [5.74, 6) is 0. The van der Waals surface area contributed by atoms with E-state index in [-0.39, 0.29) is 0 Å². The second-order valence-corrected chi connectivity index (χ2v) is 3.81. The number of halogens is 1. The van der Waals surface area contributed by atoms with E-state index in [0.717, 1.165) is 25.3 Å². The fourth-order valence-electron chi connectivity index (χ4n) is 1.53. The van der Waals surface area contributed by atoms with Crippen LogP contribution in [0.15, 0.2) is 18.2 Å². The van der Waals surface area contributed by atoms with Crippen molar-refractivity contribution in [2.75, 3.05) is 24.3 Å². The number of hydrogen-bond acceptors (Lipinski definition) is 3.